The number of carbonyl (C=O) groups is 4. The first-order chi connectivity index (χ1) is 23.1. The summed E-state index contributed by atoms with van der Waals surface area (Å²) in [5.41, 5.74) is 0.461. The number of likely N-dealkylation sites (tertiary alicyclic amines) is 1. The highest BCUT2D eigenvalue weighted by atomic mass is 16.5. The Hall–Kier alpha value is -4.74. The minimum Gasteiger partial charge on any atom is -0.507 e. The molecule has 12 nitrogen and oxygen atoms in total. The van der Waals surface area contributed by atoms with E-state index >= 15 is 0 Å². The van der Waals surface area contributed by atoms with E-state index in [0.29, 0.717) is 69.3 Å². The minimum atomic E-state index is -0.995. The van der Waals surface area contributed by atoms with Crippen molar-refractivity contribution in [3.05, 3.63) is 46.5 Å². The number of carbonyl (C=O) groups excluding carboxylic acids is 4. The number of Topliss-reactive ketones (excluding diaryl/α,β-unsaturated/α-hetero) is 1. The summed E-state index contributed by atoms with van der Waals surface area (Å²) < 4.78 is 22.3. The summed E-state index contributed by atoms with van der Waals surface area (Å²) in [7, 11) is 4.35. The fourth-order valence-corrected chi connectivity index (χ4v) is 6.24. The Balaban J connectivity index is 1.79. The second-order valence-corrected chi connectivity index (χ2v) is 12.1. The van der Waals surface area contributed by atoms with E-state index in [1.807, 2.05) is 0 Å². The first-order valence-corrected chi connectivity index (χ1v) is 16.4. The summed E-state index contributed by atoms with van der Waals surface area (Å²) in [6, 6.07) is 4.61. The number of allylic oxidation sites excluding steroid dienone is 1. The molecule has 2 heterocycles. The SMILES string of the molecule is COc1cc(C(CC(=O)NCCN2CCCC2=O)c2c(O)cc3c(c2O)C(=O)O[C@@H](C)CCCC(=O)CCC/C=C/3)cc(OC)c1OC. The van der Waals surface area contributed by atoms with E-state index in [0.717, 1.165) is 6.42 Å². The molecule has 0 saturated carbocycles. The topological polar surface area (TPSA) is 161 Å². The highest BCUT2D eigenvalue weighted by Crippen LogP contribution is 2.47. The number of phenols is 2. The number of nitrogens with one attached hydrogen (secondary N) is 1. The first kappa shape index (κ1) is 36.1. The van der Waals surface area contributed by atoms with Gasteiger partial charge in [-0.3, -0.25) is 14.4 Å². The molecule has 260 valence electrons. The Kier molecular flexibility index (Phi) is 12.7. The third-order valence-corrected chi connectivity index (χ3v) is 8.75. The predicted octanol–water partition coefficient (Wildman–Crippen LogP) is 4.87. The van der Waals surface area contributed by atoms with Gasteiger partial charge in [-0.15, -0.1) is 0 Å². The molecule has 48 heavy (non-hydrogen) atoms. The zero-order chi connectivity index (χ0) is 34.8. The highest BCUT2D eigenvalue weighted by molar-refractivity contribution is 5.98. The van der Waals surface area contributed by atoms with Crippen LogP contribution in [0.1, 0.15) is 97.7 Å². The van der Waals surface area contributed by atoms with Crippen LogP contribution in [0, 0.1) is 0 Å². The second-order valence-electron chi connectivity index (χ2n) is 12.1. The fourth-order valence-electron chi connectivity index (χ4n) is 6.24. The molecule has 2 amide bonds. The first-order valence-electron chi connectivity index (χ1n) is 16.4. The Labute approximate surface area is 281 Å². The molecule has 12 heteroatoms. The molecule has 1 unspecified atom stereocenters. The van der Waals surface area contributed by atoms with Crippen molar-refractivity contribution in [2.24, 2.45) is 0 Å². The number of fused-ring (bicyclic) bond motifs is 1. The number of hydrogen-bond acceptors (Lipinski definition) is 10. The van der Waals surface area contributed by atoms with Crippen LogP contribution in [0.25, 0.3) is 6.08 Å². The number of esters is 1. The van der Waals surface area contributed by atoms with Crippen molar-refractivity contribution in [3.63, 3.8) is 0 Å². The zero-order valence-corrected chi connectivity index (χ0v) is 28.1. The van der Waals surface area contributed by atoms with Crippen molar-refractivity contribution in [2.75, 3.05) is 41.0 Å². The number of methoxy groups -OCH3 is 3. The van der Waals surface area contributed by atoms with Gasteiger partial charge >= 0.3 is 5.97 Å². The maximum absolute atomic E-state index is 13.7. The van der Waals surface area contributed by atoms with Gasteiger partial charge in [-0.25, -0.2) is 4.79 Å². The van der Waals surface area contributed by atoms with Gasteiger partial charge in [-0.1, -0.05) is 12.2 Å². The molecular weight excluding hydrogens is 620 g/mol. The van der Waals surface area contributed by atoms with E-state index in [1.165, 1.54) is 27.4 Å². The number of rotatable bonds is 10. The number of cyclic esters (lactones) is 1. The van der Waals surface area contributed by atoms with Crippen molar-refractivity contribution >= 4 is 29.6 Å². The lowest BCUT2D eigenvalue weighted by atomic mass is 9.84. The van der Waals surface area contributed by atoms with Gasteiger partial charge in [-0.2, -0.15) is 0 Å². The molecule has 3 N–H and O–H groups in total. The van der Waals surface area contributed by atoms with Gasteiger partial charge in [0, 0.05) is 56.8 Å². The number of nitrogens with zero attached hydrogens (tertiary/aromatic N) is 1. The number of aromatic hydroxyl groups is 2. The number of amides is 2. The minimum absolute atomic E-state index is 0.0444. The molecule has 2 aliphatic heterocycles. The van der Waals surface area contributed by atoms with E-state index in [-0.39, 0.29) is 58.6 Å². The molecule has 0 aliphatic carbocycles. The number of ether oxygens (including phenoxy) is 4. The van der Waals surface area contributed by atoms with Crippen molar-refractivity contribution in [3.8, 4) is 28.7 Å². The molecule has 2 atom stereocenters. The molecule has 1 saturated heterocycles. The average molecular weight is 667 g/mol. The lowest BCUT2D eigenvalue weighted by Gasteiger charge is -2.24. The smallest absolute Gasteiger partial charge is 0.342 e. The van der Waals surface area contributed by atoms with Gasteiger partial charge in [-0.05, 0) is 68.4 Å². The maximum atomic E-state index is 13.7. The Bertz CT molecular complexity index is 1510. The number of phenolic OH excluding ortho intramolecular Hbond substituents is 2. The van der Waals surface area contributed by atoms with Crippen molar-refractivity contribution in [1.82, 2.24) is 10.2 Å². The predicted molar refractivity (Wildman–Crippen MR) is 178 cm³/mol. The summed E-state index contributed by atoms with van der Waals surface area (Å²) in [5, 5.41) is 26.2. The molecule has 0 spiro atoms. The zero-order valence-electron chi connectivity index (χ0n) is 28.1. The van der Waals surface area contributed by atoms with Gasteiger partial charge in [0.2, 0.25) is 17.6 Å². The van der Waals surface area contributed by atoms with Crippen LogP contribution in [0.3, 0.4) is 0 Å². The third kappa shape index (κ3) is 8.78. The van der Waals surface area contributed by atoms with E-state index < -0.39 is 29.6 Å². The number of benzene rings is 2. The molecule has 0 radical (unpaired) electrons. The van der Waals surface area contributed by atoms with Crippen LogP contribution < -0.4 is 19.5 Å². The maximum Gasteiger partial charge on any atom is 0.342 e. The van der Waals surface area contributed by atoms with Crippen molar-refractivity contribution in [2.45, 2.75) is 76.7 Å². The van der Waals surface area contributed by atoms with Gasteiger partial charge < -0.3 is 39.4 Å². The lowest BCUT2D eigenvalue weighted by molar-refractivity contribution is -0.128. The molecule has 2 aromatic rings. The van der Waals surface area contributed by atoms with Gasteiger partial charge in [0.1, 0.15) is 22.8 Å². The van der Waals surface area contributed by atoms with Crippen LogP contribution in [-0.4, -0.2) is 85.7 Å². The monoisotopic (exact) mass is 666 g/mol. The van der Waals surface area contributed by atoms with Crippen molar-refractivity contribution < 1.29 is 48.3 Å². The fraction of sp³-hybridized carbons (Fsp3) is 0.500. The van der Waals surface area contributed by atoms with Crippen molar-refractivity contribution in [1.29, 1.82) is 0 Å². The average Bonchev–Trinajstić information content (AvgIpc) is 3.46. The van der Waals surface area contributed by atoms with E-state index in [2.05, 4.69) is 5.32 Å². The van der Waals surface area contributed by atoms with Gasteiger partial charge in [0.05, 0.1) is 27.4 Å². The molecule has 1 fully saturated rings. The van der Waals surface area contributed by atoms with Gasteiger partial charge in [0.15, 0.2) is 11.5 Å². The van der Waals surface area contributed by atoms with Crippen LogP contribution in [-0.2, 0) is 19.1 Å². The van der Waals surface area contributed by atoms with Gasteiger partial charge in [0.25, 0.3) is 0 Å². The number of ketones is 1. The Morgan fingerprint density at radius 3 is 2.35 bits per heavy atom. The van der Waals surface area contributed by atoms with Crippen LogP contribution >= 0.6 is 0 Å². The molecule has 2 aromatic carbocycles. The molecular formula is C36H46N2O10. The van der Waals surface area contributed by atoms with E-state index in [9.17, 15) is 29.4 Å². The second kappa shape index (κ2) is 16.9. The Morgan fingerprint density at radius 1 is 1.00 bits per heavy atom. The Morgan fingerprint density at radius 2 is 1.71 bits per heavy atom. The molecule has 4 rings (SSSR count). The summed E-state index contributed by atoms with van der Waals surface area (Å²) in [6.45, 7) is 2.94. The van der Waals surface area contributed by atoms with E-state index in [4.69, 9.17) is 18.9 Å². The lowest BCUT2D eigenvalue weighted by Crippen LogP contribution is -2.36. The number of hydrogen-bond donors (Lipinski definition) is 3. The quantitative estimate of drug-likeness (QED) is 0.299. The third-order valence-electron chi connectivity index (χ3n) is 8.75. The highest BCUT2D eigenvalue weighted by Gasteiger charge is 2.32. The van der Waals surface area contributed by atoms with E-state index in [1.54, 1.807) is 36.1 Å². The normalized spacial score (nSPS) is 18.7. The summed E-state index contributed by atoms with van der Waals surface area (Å²) in [4.78, 5) is 53.0. The molecule has 0 bridgehead atoms. The standard InChI is InChI=1S/C36H46N2O10/c1-22-10-8-13-25(39)12-7-5-6-11-23-18-27(40)33(34(43)32(23)36(44)48-22)26(21-30(41)37-15-17-38-16-9-14-31(38)42)24-19-28(45-2)35(47-4)29(20-24)46-3/h6,11,18-20,22,26,40,43H,5,7-10,12-17,21H2,1-4H3,(H,37,41)/b11-6+/t22-,26?/m0/s1. The van der Waals surface area contributed by atoms with Crippen LogP contribution in [0.2, 0.25) is 0 Å². The summed E-state index contributed by atoms with van der Waals surface area (Å²) in [6.07, 6.45) is 6.92. The largest absolute Gasteiger partial charge is 0.507 e. The van der Waals surface area contributed by atoms with Crippen LogP contribution in [0.5, 0.6) is 28.7 Å². The molecule has 0 aromatic heterocycles. The molecule has 2 aliphatic rings. The van der Waals surface area contributed by atoms with Crippen LogP contribution in [0.15, 0.2) is 24.3 Å². The van der Waals surface area contributed by atoms with Crippen LogP contribution in [0.4, 0.5) is 0 Å². The summed E-state index contributed by atoms with van der Waals surface area (Å²) in [5.74, 6) is -1.99. The summed E-state index contributed by atoms with van der Waals surface area (Å²) >= 11 is 0.